The predicted molar refractivity (Wildman–Crippen MR) is 71.2 cm³/mol. The molecule has 0 unspecified atom stereocenters. The number of ether oxygens (including phenoxy) is 1. The molecule has 1 heterocycles. The Bertz CT molecular complexity index is 431. The summed E-state index contributed by atoms with van der Waals surface area (Å²) in [4.78, 5) is 2.11. The van der Waals surface area contributed by atoms with Gasteiger partial charge >= 0.3 is 0 Å². The van der Waals surface area contributed by atoms with E-state index in [1.165, 1.54) is 0 Å². The van der Waals surface area contributed by atoms with E-state index in [0.29, 0.717) is 0 Å². The average molecular weight is 262 g/mol. The number of hydrogen-bond acceptors (Lipinski definition) is 4. The van der Waals surface area contributed by atoms with Crippen molar-refractivity contribution in [3.63, 3.8) is 0 Å². The van der Waals surface area contributed by atoms with Crippen LogP contribution in [0.1, 0.15) is 0 Å². The van der Waals surface area contributed by atoms with Gasteiger partial charge in [0, 0.05) is 9.79 Å². The van der Waals surface area contributed by atoms with Crippen molar-refractivity contribution in [2.75, 3.05) is 13.2 Å². The monoisotopic (exact) mass is 262 g/mol. The molecule has 94 valence electrons. The molecule has 1 aliphatic heterocycles. The molecule has 0 amide bonds. The molecule has 18 heavy (non-hydrogen) atoms. The van der Waals surface area contributed by atoms with Crippen molar-refractivity contribution in [3.05, 3.63) is 48.5 Å². The topological polar surface area (TPSA) is 53.0 Å². The van der Waals surface area contributed by atoms with Gasteiger partial charge in [-0.3, -0.25) is 0 Å². The Balaban J connectivity index is 0.000000350. The maximum Gasteiger partial charge on any atom is 0.115 e. The first-order valence-corrected chi connectivity index (χ1v) is 6.39. The molecule has 2 N–H and O–H groups in total. The smallest absolute Gasteiger partial charge is 0.115 e. The Morgan fingerprint density at radius 3 is 1.33 bits per heavy atom. The first kappa shape index (κ1) is 12.8. The predicted octanol–water partition coefficient (Wildman–Crippen LogP) is 3.27. The minimum absolute atomic E-state index is 0.269. The van der Waals surface area contributed by atoms with Crippen molar-refractivity contribution >= 4 is 11.8 Å². The number of aromatic hydroxyl groups is 2. The molecule has 2 aromatic rings. The number of hydrogen-bond donors (Lipinski definition) is 2. The van der Waals surface area contributed by atoms with Crippen LogP contribution >= 0.6 is 11.8 Å². The van der Waals surface area contributed by atoms with E-state index in [2.05, 4.69) is 4.74 Å². The maximum atomic E-state index is 9.12. The summed E-state index contributed by atoms with van der Waals surface area (Å²) >= 11 is 1.58. The van der Waals surface area contributed by atoms with Crippen LogP contribution in [0.2, 0.25) is 0 Å². The standard InChI is InChI=1S/C12H10O2S.C2H4O/c13-9-1-5-11(6-2-9)15-12-7-3-10(14)4-8-12;1-2-3-1/h1-8,13-14H;1-2H2. The highest BCUT2D eigenvalue weighted by atomic mass is 32.2. The zero-order valence-electron chi connectivity index (χ0n) is 9.74. The average Bonchev–Trinajstić information content (AvgIpc) is 3.23. The van der Waals surface area contributed by atoms with Crippen LogP contribution in [0.3, 0.4) is 0 Å². The first-order chi connectivity index (χ1) is 8.74. The van der Waals surface area contributed by atoms with E-state index in [1.807, 2.05) is 24.3 Å². The highest BCUT2D eigenvalue weighted by molar-refractivity contribution is 7.99. The summed E-state index contributed by atoms with van der Waals surface area (Å²) in [5.74, 6) is 0.537. The lowest BCUT2D eigenvalue weighted by molar-refractivity contribution is 0.474. The van der Waals surface area contributed by atoms with Gasteiger partial charge in [0.05, 0.1) is 13.2 Å². The van der Waals surface area contributed by atoms with E-state index in [9.17, 15) is 0 Å². The third kappa shape index (κ3) is 4.69. The van der Waals surface area contributed by atoms with Gasteiger partial charge in [-0.1, -0.05) is 11.8 Å². The van der Waals surface area contributed by atoms with Gasteiger partial charge in [0.15, 0.2) is 0 Å². The molecule has 3 rings (SSSR count). The lowest BCUT2D eigenvalue weighted by atomic mass is 10.3. The molecular weight excluding hydrogens is 248 g/mol. The fourth-order valence-electron chi connectivity index (χ4n) is 1.16. The van der Waals surface area contributed by atoms with Gasteiger partial charge in [-0.15, -0.1) is 0 Å². The molecule has 0 aliphatic carbocycles. The third-order valence-electron chi connectivity index (χ3n) is 2.11. The van der Waals surface area contributed by atoms with Crippen molar-refractivity contribution in [1.82, 2.24) is 0 Å². The minimum atomic E-state index is 0.269. The van der Waals surface area contributed by atoms with E-state index >= 15 is 0 Å². The second kappa shape index (κ2) is 6.33. The van der Waals surface area contributed by atoms with Gasteiger partial charge in [-0.2, -0.15) is 0 Å². The van der Waals surface area contributed by atoms with Gasteiger partial charge in [-0.05, 0) is 48.5 Å². The summed E-state index contributed by atoms with van der Waals surface area (Å²) in [7, 11) is 0. The minimum Gasteiger partial charge on any atom is -0.508 e. The van der Waals surface area contributed by atoms with Crippen LogP contribution in [0.15, 0.2) is 58.3 Å². The molecule has 0 spiro atoms. The van der Waals surface area contributed by atoms with Crippen molar-refractivity contribution in [3.8, 4) is 11.5 Å². The number of benzene rings is 2. The van der Waals surface area contributed by atoms with Gasteiger partial charge < -0.3 is 14.9 Å². The van der Waals surface area contributed by atoms with Gasteiger partial charge in [0.2, 0.25) is 0 Å². The molecule has 1 fully saturated rings. The zero-order chi connectivity index (χ0) is 12.8. The van der Waals surface area contributed by atoms with Crippen molar-refractivity contribution in [2.24, 2.45) is 0 Å². The lowest BCUT2D eigenvalue weighted by Gasteiger charge is -2.01. The summed E-state index contributed by atoms with van der Waals surface area (Å²) in [6.45, 7) is 2.00. The van der Waals surface area contributed by atoms with Gasteiger partial charge in [0.1, 0.15) is 11.5 Å². The fraction of sp³-hybridized carbons (Fsp3) is 0.143. The van der Waals surface area contributed by atoms with E-state index in [-0.39, 0.29) is 11.5 Å². The third-order valence-corrected chi connectivity index (χ3v) is 3.13. The normalized spacial score (nSPS) is 12.4. The SMILES string of the molecule is C1CO1.Oc1ccc(Sc2ccc(O)cc2)cc1. The Labute approximate surface area is 110 Å². The van der Waals surface area contributed by atoms with Crippen LogP contribution in [0.4, 0.5) is 0 Å². The number of rotatable bonds is 2. The molecule has 0 aromatic heterocycles. The summed E-state index contributed by atoms with van der Waals surface area (Å²) in [5.41, 5.74) is 0. The van der Waals surface area contributed by atoms with Crippen LogP contribution in [-0.4, -0.2) is 23.4 Å². The van der Waals surface area contributed by atoms with Crippen molar-refractivity contribution in [2.45, 2.75) is 9.79 Å². The van der Waals surface area contributed by atoms with Crippen LogP contribution < -0.4 is 0 Å². The van der Waals surface area contributed by atoms with Crippen molar-refractivity contribution in [1.29, 1.82) is 0 Å². The molecule has 0 atom stereocenters. The number of phenolic OH excluding ortho intramolecular Hbond substituents is 2. The summed E-state index contributed by atoms with van der Waals surface area (Å²) < 4.78 is 4.50. The summed E-state index contributed by atoms with van der Waals surface area (Å²) in [5, 5.41) is 18.2. The van der Waals surface area contributed by atoms with E-state index in [0.717, 1.165) is 23.0 Å². The van der Waals surface area contributed by atoms with E-state index in [1.54, 1.807) is 36.0 Å². The van der Waals surface area contributed by atoms with Crippen LogP contribution in [0.5, 0.6) is 11.5 Å². The Hall–Kier alpha value is -1.65. The quantitative estimate of drug-likeness (QED) is 0.816. The maximum absolute atomic E-state index is 9.12. The second-order valence-electron chi connectivity index (χ2n) is 3.70. The van der Waals surface area contributed by atoms with Crippen LogP contribution in [0, 0.1) is 0 Å². The number of phenols is 2. The Morgan fingerprint density at radius 2 is 1.06 bits per heavy atom. The molecule has 0 radical (unpaired) electrons. The van der Waals surface area contributed by atoms with Crippen molar-refractivity contribution < 1.29 is 14.9 Å². The Morgan fingerprint density at radius 1 is 0.722 bits per heavy atom. The highest BCUT2D eigenvalue weighted by Crippen LogP contribution is 2.29. The van der Waals surface area contributed by atoms with Gasteiger partial charge in [0.25, 0.3) is 0 Å². The second-order valence-corrected chi connectivity index (χ2v) is 4.85. The zero-order valence-corrected chi connectivity index (χ0v) is 10.6. The Kier molecular flexibility index (Phi) is 4.50. The number of epoxide rings is 1. The molecular formula is C14H14O3S. The lowest BCUT2D eigenvalue weighted by Crippen LogP contribution is -1.73. The fourth-order valence-corrected chi connectivity index (χ4v) is 1.98. The van der Waals surface area contributed by atoms with Crippen LogP contribution in [-0.2, 0) is 4.74 Å². The summed E-state index contributed by atoms with van der Waals surface area (Å²) in [6, 6.07) is 14.0. The molecule has 4 heteroatoms. The van der Waals surface area contributed by atoms with Gasteiger partial charge in [-0.25, -0.2) is 0 Å². The molecule has 3 nitrogen and oxygen atoms in total. The summed E-state index contributed by atoms with van der Waals surface area (Å²) in [6.07, 6.45) is 0. The molecule has 2 aromatic carbocycles. The molecule has 0 bridgehead atoms. The molecule has 1 saturated heterocycles. The van der Waals surface area contributed by atoms with Crippen LogP contribution in [0.25, 0.3) is 0 Å². The molecule has 1 aliphatic rings. The molecule has 0 saturated carbocycles. The van der Waals surface area contributed by atoms with E-state index < -0.39 is 0 Å². The highest BCUT2D eigenvalue weighted by Gasteiger charge is 1.97. The van der Waals surface area contributed by atoms with E-state index in [4.69, 9.17) is 10.2 Å². The first-order valence-electron chi connectivity index (χ1n) is 5.58. The largest absolute Gasteiger partial charge is 0.508 e.